The Morgan fingerprint density at radius 3 is 1.20 bits per heavy atom. The summed E-state index contributed by atoms with van der Waals surface area (Å²) < 4.78 is 0. The van der Waals surface area contributed by atoms with Crippen LogP contribution in [0.3, 0.4) is 0 Å². The molecule has 0 aliphatic heterocycles. The maximum Gasteiger partial charge on any atom is 0.0483 e. The summed E-state index contributed by atoms with van der Waals surface area (Å²) >= 11 is 0. The van der Waals surface area contributed by atoms with Gasteiger partial charge in [-0.1, -0.05) is 53.4 Å². The van der Waals surface area contributed by atoms with Crippen LogP contribution in [0.1, 0.15) is 67.2 Å². The molecule has 2 heteroatoms. The average molecular weight is 219 g/mol. The fourth-order valence-electron chi connectivity index (χ4n) is 0.750. The van der Waals surface area contributed by atoms with E-state index < -0.39 is 0 Å². The Morgan fingerprint density at radius 1 is 0.867 bits per heavy atom. The lowest BCUT2D eigenvalue weighted by Crippen LogP contribution is -2.09. The van der Waals surface area contributed by atoms with E-state index >= 15 is 0 Å². The van der Waals surface area contributed by atoms with Crippen LogP contribution < -0.4 is 5.32 Å². The third-order valence-corrected chi connectivity index (χ3v) is 1.46. The molecule has 0 saturated carbocycles. The Kier molecular flexibility index (Phi) is 32.0. The smallest absolute Gasteiger partial charge is 0.0483 e. The summed E-state index contributed by atoms with van der Waals surface area (Å²) in [7, 11) is 0. The highest BCUT2D eigenvalue weighted by Crippen LogP contribution is 1.95. The molecule has 15 heavy (non-hydrogen) atoms. The van der Waals surface area contributed by atoms with Crippen LogP contribution in [0.2, 0.25) is 0 Å². The molecule has 0 unspecified atom stereocenters. The molecule has 0 amide bonds. The van der Waals surface area contributed by atoms with E-state index in [1.54, 1.807) is 13.8 Å². The Hall–Kier alpha value is -0.0800. The summed E-state index contributed by atoms with van der Waals surface area (Å²) in [5.74, 6) is 0. The Bertz CT molecular complexity index is 66.2. The molecule has 0 rings (SSSR count). The van der Waals surface area contributed by atoms with Crippen molar-refractivity contribution in [3.05, 3.63) is 0 Å². The number of unbranched alkanes of at least 4 members (excludes halogenated alkanes) is 3. The number of aliphatic hydroxyl groups excluding tert-OH is 1. The van der Waals surface area contributed by atoms with Gasteiger partial charge in [-0.05, 0) is 26.9 Å². The van der Waals surface area contributed by atoms with Crippen molar-refractivity contribution in [1.29, 1.82) is 0 Å². The van der Waals surface area contributed by atoms with Crippen molar-refractivity contribution >= 4 is 0 Å². The van der Waals surface area contributed by atoms with Gasteiger partial charge in [0, 0.05) is 6.10 Å². The summed E-state index contributed by atoms with van der Waals surface area (Å²) in [6.45, 7) is 14.3. The fraction of sp³-hybridized carbons (Fsp3) is 1.00. The fourth-order valence-corrected chi connectivity index (χ4v) is 0.750. The summed E-state index contributed by atoms with van der Waals surface area (Å²) in [5, 5.41) is 11.2. The van der Waals surface area contributed by atoms with E-state index in [2.05, 4.69) is 33.0 Å². The van der Waals surface area contributed by atoms with Gasteiger partial charge in [-0.3, -0.25) is 0 Å². The quantitative estimate of drug-likeness (QED) is 0.693. The van der Waals surface area contributed by atoms with Crippen molar-refractivity contribution in [3.8, 4) is 0 Å². The molecule has 96 valence electrons. The van der Waals surface area contributed by atoms with Gasteiger partial charge in [-0.25, -0.2) is 0 Å². The van der Waals surface area contributed by atoms with Gasteiger partial charge in [-0.2, -0.15) is 0 Å². The molecule has 0 fully saturated rings. The second kappa shape index (κ2) is 23.6. The van der Waals surface area contributed by atoms with Crippen molar-refractivity contribution in [2.75, 3.05) is 13.1 Å². The van der Waals surface area contributed by atoms with Crippen LogP contribution >= 0.6 is 0 Å². The molecule has 0 bridgehead atoms. The molecule has 0 heterocycles. The minimum Gasteiger partial charge on any atom is -0.394 e. The van der Waals surface area contributed by atoms with Gasteiger partial charge < -0.3 is 10.4 Å². The molecular formula is C13H33NO. The second-order valence-corrected chi connectivity index (χ2v) is 3.76. The predicted molar refractivity (Wildman–Crippen MR) is 71.4 cm³/mol. The molecule has 2 nitrogen and oxygen atoms in total. The summed E-state index contributed by atoms with van der Waals surface area (Å²) in [6.07, 6.45) is 5.37. The van der Waals surface area contributed by atoms with Gasteiger partial charge >= 0.3 is 0 Å². The average Bonchev–Trinajstić information content (AvgIpc) is 2.16. The molecule has 2 N–H and O–H groups in total. The first-order valence-electron chi connectivity index (χ1n) is 6.45. The number of hydrogen-bond donors (Lipinski definition) is 2. The Balaban J connectivity index is -0.000000147. The van der Waals surface area contributed by atoms with E-state index in [0.717, 1.165) is 13.1 Å². The SMILES string of the molecule is CC(C)O.CCCCCC.CCNCC. The predicted octanol–water partition coefficient (Wildman–Crippen LogP) is 3.59. The first-order chi connectivity index (χ1) is 7.06. The Morgan fingerprint density at radius 2 is 1.13 bits per heavy atom. The molecule has 0 aliphatic carbocycles. The second-order valence-electron chi connectivity index (χ2n) is 3.76. The number of aliphatic hydroxyl groups is 1. The number of hydrogen-bond acceptors (Lipinski definition) is 2. The first-order valence-corrected chi connectivity index (χ1v) is 6.45. The largest absolute Gasteiger partial charge is 0.394 e. The normalized spacial score (nSPS) is 8.80. The van der Waals surface area contributed by atoms with Gasteiger partial charge in [0.15, 0.2) is 0 Å². The van der Waals surface area contributed by atoms with Crippen LogP contribution in [0.4, 0.5) is 0 Å². The van der Waals surface area contributed by atoms with Crippen LogP contribution in [0, 0.1) is 0 Å². The van der Waals surface area contributed by atoms with E-state index in [0.29, 0.717) is 0 Å². The van der Waals surface area contributed by atoms with Gasteiger partial charge in [0.2, 0.25) is 0 Å². The zero-order chi connectivity index (χ0) is 12.5. The molecule has 0 radical (unpaired) electrons. The standard InChI is InChI=1S/C6H14.C4H11N.C3H8O/c1-3-5-6-4-2;1-3-5-4-2;1-3(2)4/h3-6H2,1-2H3;5H,3-4H2,1-2H3;3-4H,1-2H3. The highest BCUT2D eigenvalue weighted by molar-refractivity contribution is 4.31. The third kappa shape index (κ3) is 81.7. The Labute approximate surface area is 97.5 Å². The van der Waals surface area contributed by atoms with Crippen LogP contribution in [-0.2, 0) is 0 Å². The van der Waals surface area contributed by atoms with Gasteiger partial charge in [0.05, 0.1) is 0 Å². The monoisotopic (exact) mass is 219 g/mol. The molecule has 0 saturated heterocycles. The van der Waals surface area contributed by atoms with Crippen LogP contribution in [0.25, 0.3) is 0 Å². The molecule has 0 aromatic rings. The van der Waals surface area contributed by atoms with Crippen LogP contribution in [0.5, 0.6) is 0 Å². The lowest BCUT2D eigenvalue weighted by Gasteiger charge is -1.86. The van der Waals surface area contributed by atoms with Crippen molar-refractivity contribution in [2.24, 2.45) is 0 Å². The van der Waals surface area contributed by atoms with E-state index in [-0.39, 0.29) is 6.10 Å². The van der Waals surface area contributed by atoms with Crippen molar-refractivity contribution in [1.82, 2.24) is 5.32 Å². The van der Waals surface area contributed by atoms with Crippen molar-refractivity contribution in [3.63, 3.8) is 0 Å². The third-order valence-electron chi connectivity index (χ3n) is 1.46. The maximum absolute atomic E-state index is 8.06. The highest BCUT2D eigenvalue weighted by Gasteiger charge is 1.75. The van der Waals surface area contributed by atoms with E-state index in [4.69, 9.17) is 5.11 Å². The molecule has 0 aliphatic rings. The van der Waals surface area contributed by atoms with Crippen LogP contribution in [-0.4, -0.2) is 24.3 Å². The summed E-state index contributed by atoms with van der Waals surface area (Å²) in [6, 6.07) is 0. The van der Waals surface area contributed by atoms with Crippen LogP contribution in [0.15, 0.2) is 0 Å². The first kappa shape index (κ1) is 20.3. The minimum atomic E-state index is -0.167. The highest BCUT2D eigenvalue weighted by atomic mass is 16.3. The molecular weight excluding hydrogens is 186 g/mol. The van der Waals surface area contributed by atoms with Gasteiger partial charge in [0.1, 0.15) is 0 Å². The lowest BCUT2D eigenvalue weighted by molar-refractivity contribution is 0.216. The van der Waals surface area contributed by atoms with E-state index in [1.807, 2.05) is 0 Å². The van der Waals surface area contributed by atoms with E-state index in [1.165, 1.54) is 25.7 Å². The molecule has 0 atom stereocenters. The zero-order valence-corrected chi connectivity index (χ0v) is 11.8. The van der Waals surface area contributed by atoms with Crippen molar-refractivity contribution in [2.45, 2.75) is 73.3 Å². The van der Waals surface area contributed by atoms with Gasteiger partial charge in [-0.15, -0.1) is 0 Å². The van der Waals surface area contributed by atoms with Gasteiger partial charge in [0.25, 0.3) is 0 Å². The minimum absolute atomic E-state index is 0.167. The van der Waals surface area contributed by atoms with Crippen molar-refractivity contribution < 1.29 is 5.11 Å². The molecule has 0 aromatic heterocycles. The lowest BCUT2D eigenvalue weighted by atomic mass is 10.2. The summed E-state index contributed by atoms with van der Waals surface area (Å²) in [4.78, 5) is 0. The topological polar surface area (TPSA) is 32.3 Å². The molecule has 0 aromatic carbocycles. The van der Waals surface area contributed by atoms with E-state index in [9.17, 15) is 0 Å². The molecule has 0 spiro atoms. The number of nitrogens with one attached hydrogen (secondary N) is 1. The summed E-state index contributed by atoms with van der Waals surface area (Å²) in [5.41, 5.74) is 0. The number of rotatable bonds is 5. The maximum atomic E-state index is 8.06. The zero-order valence-electron chi connectivity index (χ0n) is 11.8.